The van der Waals surface area contributed by atoms with Gasteiger partial charge in [-0.05, 0) is 48.9 Å². The van der Waals surface area contributed by atoms with Gasteiger partial charge in [-0.1, -0.05) is 0 Å². The quantitative estimate of drug-likeness (QED) is 0.617. The van der Waals surface area contributed by atoms with Crippen molar-refractivity contribution in [2.45, 2.75) is 6.92 Å². The lowest BCUT2D eigenvalue weighted by Gasteiger charge is -2.35. The van der Waals surface area contributed by atoms with E-state index in [4.69, 9.17) is 0 Å². The summed E-state index contributed by atoms with van der Waals surface area (Å²) in [5.74, 6) is 0.708. The summed E-state index contributed by atoms with van der Waals surface area (Å²) in [6.07, 6.45) is 5.79. The van der Waals surface area contributed by atoms with Gasteiger partial charge in [0.15, 0.2) is 0 Å². The fourth-order valence-corrected chi connectivity index (χ4v) is 3.39. The van der Waals surface area contributed by atoms with Gasteiger partial charge in [0, 0.05) is 50.1 Å². The minimum absolute atomic E-state index is 0.0427. The Labute approximate surface area is 184 Å². The van der Waals surface area contributed by atoms with E-state index in [1.807, 2.05) is 25.1 Å². The Morgan fingerprint density at radius 2 is 1.78 bits per heavy atom. The number of hydrogen-bond donors (Lipinski definition) is 1. The predicted octanol–water partition coefficient (Wildman–Crippen LogP) is 3.56. The van der Waals surface area contributed by atoms with Gasteiger partial charge in [0.25, 0.3) is 0 Å². The molecule has 7 nitrogen and oxygen atoms in total. The Morgan fingerprint density at radius 3 is 2.56 bits per heavy atom. The molecule has 9 heteroatoms. The first-order chi connectivity index (χ1) is 15.5. The molecule has 1 amide bonds. The smallest absolute Gasteiger partial charge is 0.246 e. The number of piperazine rings is 1. The molecule has 2 aromatic heterocycles. The number of carbonyl (C=O) groups is 1. The fourth-order valence-electron chi connectivity index (χ4n) is 3.39. The van der Waals surface area contributed by atoms with Crippen LogP contribution in [-0.4, -0.2) is 51.9 Å². The van der Waals surface area contributed by atoms with Crippen LogP contribution in [0.25, 0.3) is 6.08 Å². The lowest BCUT2D eigenvalue weighted by molar-refractivity contribution is -0.126. The summed E-state index contributed by atoms with van der Waals surface area (Å²) in [6, 6.07) is 8.83. The maximum Gasteiger partial charge on any atom is 0.246 e. The summed E-state index contributed by atoms with van der Waals surface area (Å²) in [6.45, 7) is 4.14. The molecular weight excluding hydrogens is 414 g/mol. The van der Waals surface area contributed by atoms with Crippen molar-refractivity contribution >= 4 is 29.4 Å². The molecule has 3 aromatic rings. The number of aromatic nitrogens is 3. The van der Waals surface area contributed by atoms with Gasteiger partial charge in [-0.2, -0.15) is 0 Å². The van der Waals surface area contributed by atoms with Gasteiger partial charge >= 0.3 is 0 Å². The Kier molecular flexibility index (Phi) is 6.34. The number of aryl methyl sites for hydroxylation is 1. The molecule has 0 radical (unpaired) electrons. The molecule has 32 heavy (non-hydrogen) atoms. The highest BCUT2D eigenvalue weighted by atomic mass is 19.1. The number of rotatable bonds is 5. The summed E-state index contributed by atoms with van der Waals surface area (Å²) in [4.78, 5) is 29.1. The van der Waals surface area contributed by atoms with Crippen molar-refractivity contribution in [2.24, 2.45) is 0 Å². The van der Waals surface area contributed by atoms with Crippen LogP contribution in [0, 0.1) is 18.6 Å². The van der Waals surface area contributed by atoms with Crippen LogP contribution in [-0.2, 0) is 4.79 Å². The first-order valence-corrected chi connectivity index (χ1v) is 10.2. The van der Waals surface area contributed by atoms with Crippen molar-refractivity contribution in [1.82, 2.24) is 19.9 Å². The van der Waals surface area contributed by atoms with Crippen molar-refractivity contribution in [3.05, 3.63) is 77.8 Å². The second-order valence-corrected chi connectivity index (χ2v) is 7.42. The van der Waals surface area contributed by atoms with Gasteiger partial charge in [0.05, 0.1) is 0 Å². The number of amides is 1. The van der Waals surface area contributed by atoms with Crippen LogP contribution in [0.4, 0.5) is 26.2 Å². The number of carbonyl (C=O) groups excluding carboxylic acids is 1. The van der Waals surface area contributed by atoms with Gasteiger partial charge in [-0.3, -0.25) is 4.79 Å². The average Bonchev–Trinajstić information content (AvgIpc) is 2.80. The van der Waals surface area contributed by atoms with Crippen LogP contribution < -0.4 is 10.2 Å². The third-order valence-corrected chi connectivity index (χ3v) is 5.10. The molecule has 0 aliphatic carbocycles. The maximum atomic E-state index is 13.7. The molecule has 0 spiro atoms. The van der Waals surface area contributed by atoms with Gasteiger partial charge in [0.2, 0.25) is 5.91 Å². The zero-order valence-corrected chi connectivity index (χ0v) is 17.5. The molecular formula is C23H22F2N6O. The first kappa shape index (κ1) is 21.4. The number of hydrogen-bond acceptors (Lipinski definition) is 6. The van der Waals surface area contributed by atoms with Gasteiger partial charge in [-0.25, -0.2) is 23.7 Å². The van der Waals surface area contributed by atoms with E-state index in [9.17, 15) is 13.6 Å². The summed E-state index contributed by atoms with van der Waals surface area (Å²) in [5.41, 5.74) is 1.13. The topological polar surface area (TPSA) is 74.2 Å². The highest BCUT2D eigenvalue weighted by molar-refractivity contribution is 5.92. The van der Waals surface area contributed by atoms with E-state index in [-0.39, 0.29) is 11.5 Å². The van der Waals surface area contributed by atoms with E-state index in [0.29, 0.717) is 37.8 Å². The van der Waals surface area contributed by atoms with Crippen molar-refractivity contribution in [2.75, 3.05) is 36.4 Å². The van der Waals surface area contributed by atoms with Crippen molar-refractivity contribution in [3.63, 3.8) is 0 Å². The Hall–Kier alpha value is -3.88. The van der Waals surface area contributed by atoms with Crippen LogP contribution in [0.15, 0.2) is 55.0 Å². The average molecular weight is 436 g/mol. The van der Waals surface area contributed by atoms with E-state index >= 15 is 0 Å². The van der Waals surface area contributed by atoms with E-state index in [1.54, 1.807) is 11.1 Å². The Balaban J connectivity index is 1.36. The second-order valence-electron chi connectivity index (χ2n) is 7.42. The fraction of sp³-hybridized carbons (Fsp3) is 0.217. The molecule has 1 fully saturated rings. The Morgan fingerprint density at radius 1 is 1.00 bits per heavy atom. The lowest BCUT2D eigenvalue weighted by atomic mass is 10.2. The van der Waals surface area contributed by atoms with Gasteiger partial charge in [0.1, 0.15) is 35.4 Å². The Bertz CT molecular complexity index is 1140. The largest absolute Gasteiger partial charge is 0.353 e. The highest BCUT2D eigenvalue weighted by Gasteiger charge is 2.21. The molecule has 164 valence electrons. The highest BCUT2D eigenvalue weighted by Crippen LogP contribution is 2.19. The molecule has 0 saturated carbocycles. The number of nitrogens with one attached hydrogen (secondary N) is 1. The predicted molar refractivity (Wildman–Crippen MR) is 118 cm³/mol. The molecule has 0 atom stereocenters. The molecule has 3 heterocycles. The molecule has 1 saturated heterocycles. The van der Waals surface area contributed by atoms with Crippen molar-refractivity contribution in [3.8, 4) is 0 Å². The van der Waals surface area contributed by atoms with Crippen molar-refractivity contribution < 1.29 is 13.6 Å². The van der Waals surface area contributed by atoms with Crippen LogP contribution in [0.2, 0.25) is 0 Å². The molecule has 0 bridgehead atoms. The summed E-state index contributed by atoms with van der Waals surface area (Å²) < 4.78 is 27.0. The zero-order valence-electron chi connectivity index (χ0n) is 17.5. The summed E-state index contributed by atoms with van der Waals surface area (Å²) >= 11 is 0. The molecule has 0 unspecified atom stereocenters. The van der Waals surface area contributed by atoms with E-state index in [2.05, 4.69) is 25.2 Å². The standard InChI is InChI=1S/C23H22F2N6O/c1-16-6-7-26-20(12-16)29-21-14-22(28-15-27-21)30-8-10-31(11-9-30)23(32)5-2-17-13-18(24)3-4-19(17)25/h2-7,12-15H,8-11H2,1H3,(H,26,27,28,29)/b5-2+. The van der Waals surface area contributed by atoms with E-state index < -0.39 is 11.6 Å². The summed E-state index contributed by atoms with van der Waals surface area (Å²) in [5, 5.41) is 3.17. The first-order valence-electron chi connectivity index (χ1n) is 10.2. The number of halogens is 2. The minimum Gasteiger partial charge on any atom is -0.353 e. The SMILES string of the molecule is Cc1ccnc(Nc2cc(N3CCN(C(=O)/C=C/c4cc(F)ccc4F)CC3)ncn2)c1. The molecule has 1 aromatic carbocycles. The van der Waals surface area contributed by atoms with Crippen LogP contribution in [0.3, 0.4) is 0 Å². The number of nitrogens with zero attached hydrogens (tertiary/aromatic N) is 5. The van der Waals surface area contributed by atoms with Crippen LogP contribution in [0.1, 0.15) is 11.1 Å². The van der Waals surface area contributed by atoms with Gasteiger partial charge in [-0.15, -0.1) is 0 Å². The molecule has 1 aliphatic rings. The normalized spacial score (nSPS) is 14.1. The van der Waals surface area contributed by atoms with E-state index in [1.165, 1.54) is 18.5 Å². The van der Waals surface area contributed by atoms with Crippen LogP contribution in [0.5, 0.6) is 0 Å². The second kappa shape index (κ2) is 9.51. The lowest BCUT2D eigenvalue weighted by Crippen LogP contribution is -2.48. The maximum absolute atomic E-state index is 13.7. The zero-order chi connectivity index (χ0) is 22.5. The number of pyridine rings is 1. The summed E-state index contributed by atoms with van der Waals surface area (Å²) in [7, 11) is 0. The molecule has 1 N–H and O–H groups in total. The molecule has 1 aliphatic heterocycles. The monoisotopic (exact) mass is 436 g/mol. The number of anilines is 3. The van der Waals surface area contributed by atoms with Gasteiger partial charge < -0.3 is 15.1 Å². The van der Waals surface area contributed by atoms with Crippen LogP contribution >= 0.6 is 0 Å². The minimum atomic E-state index is -0.575. The van der Waals surface area contributed by atoms with Crippen molar-refractivity contribution in [1.29, 1.82) is 0 Å². The molecule has 4 rings (SSSR count). The third kappa shape index (κ3) is 5.23. The number of benzene rings is 1. The third-order valence-electron chi connectivity index (χ3n) is 5.10. The van der Waals surface area contributed by atoms with E-state index in [0.717, 1.165) is 29.6 Å².